The van der Waals surface area contributed by atoms with Crippen LogP contribution >= 0.6 is 0 Å². The molecule has 2 fully saturated rings. The number of carbonyl (C=O) groups excluding carboxylic acids is 2. The van der Waals surface area contributed by atoms with Gasteiger partial charge < -0.3 is 10.6 Å². The van der Waals surface area contributed by atoms with Crippen LogP contribution < -0.4 is 20.4 Å². The van der Waals surface area contributed by atoms with Crippen molar-refractivity contribution in [3.8, 4) is 0 Å². The van der Waals surface area contributed by atoms with Crippen molar-refractivity contribution in [3.05, 3.63) is 41.6 Å². The Hall–Kier alpha value is -3.18. The standard InChI is InChI=1S/C24H31N5O5S/c1-24(2)12-17(24)23(31)27-21-11-19(16(13-25-21)22(30)28-34-4)26-18-9-8-15(14-6-7-14)10-20(18)29(3)35(5,32)33/h8-11,13-14,17H,6-7,12H2,1-5H3,(H,28,30)(H2,25,26,27,31). The maximum Gasteiger partial charge on any atom is 0.278 e. The number of rotatable bonds is 9. The minimum atomic E-state index is -3.54. The van der Waals surface area contributed by atoms with Gasteiger partial charge in [0.2, 0.25) is 15.9 Å². The molecule has 2 aromatic rings. The number of pyridine rings is 1. The zero-order valence-electron chi connectivity index (χ0n) is 20.5. The summed E-state index contributed by atoms with van der Waals surface area (Å²) in [6, 6.07) is 7.16. The Bertz CT molecular complexity index is 1270. The van der Waals surface area contributed by atoms with Crippen LogP contribution in [-0.4, -0.2) is 45.6 Å². The molecule has 1 atom stereocenters. The first-order valence-corrected chi connectivity index (χ1v) is 13.2. The Kier molecular flexibility index (Phi) is 6.50. The molecular formula is C24H31N5O5S. The van der Waals surface area contributed by atoms with Crippen LogP contribution in [0.5, 0.6) is 0 Å². The molecule has 4 rings (SSSR count). The number of sulfonamides is 1. The molecule has 3 N–H and O–H groups in total. The van der Waals surface area contributed by atoms with Gasteiger partial charge in [0.15, 0.2) is 0 Å². The van der Waals surface area contributed by atoms with E-state index in [1.807, 2.05) is 26.0 Å². The molecule has 2 amide bonds. The highest BCUT2D eigenvalue weighted by Gasteiger charge is 2.50. The van der Waals surface area contributed by atoms with Crippen LogP contribution in [0.1, 0.15) is 54.9 Å². The number of nitrogens with zero attached hydrogens (tertiary/aromatic N) is 2. The molecule has 0 saturated heterocycles. The minimum Gasteiger partial charge on any atom is -0.353 e. The summed E-state index contributed by atoms with van der Waals surface area (Å²) in [7, 11) is -0.734. The van der Waals surface area contributed by atoms with Gasteiger partial charge in [0.25, 0.3) is 5.91 Å². The van der Waals surface area contributed by atoms with Crippen molar-refractivity contribution in [2.24, 2.45) is 11.3 Å². The smallest absolute Gasteiger partial charge is 0.278 e. The highest BCUT2D eigenvalue weighted by molar-refractivity contribution is 7.92. The van der Waals surface area contributed by atoms with Crippen LogP contribution in [0.2, 0.25) is 0 Å². The van der Waals surface area contributed by atoms with E-state index in [-0.39, 0.29) is 28.6 Å². The van der Waals surface area contributed by atoms with Crippen molar-refractivity contribution < 1.29 is 22.8 Å². The van der Waals surface area contributed by atoms with Crippen LogP contribution in [0.15, 0.2) is 30.5 Å². The van der Waals surface area contributed by atoms with Gasteiger partial charge in [-0.15, -0.1) is 0 Å². The quantitative estimate of drug-likeness (QED) is 0.449. The van der Waals surface area contributed by atoms with Crippen LogP contribution in [0.25, 0.3) is 0 Å². The maximum absolute atomic E-state index is 12.6. The molecule has 35 heavy (non-hydrogen) atoms. The number of anilines is 4. The lowest BCUT2D eigenvalue weighted by molar-refractivity contribution is -0.118. The SMILES string of the molecule is CONC(=O)c1cnc(NC(=O)C2CC2(C)C)cc1Nc1ccc(C2CC2)cc1N(C)S(C)(=O)=O. The van der Waals surface area contributed by atoms with Crippen LogP contribution in [0.4, 0.5) is 22.9 Å². The summed E-state index contributed by atoms with van der Waals surface area (Å²) in [5.41, 5.74) is 4.73. The highest BCUT2D eigenvalue weighted by Crippen LogP contribution is 2.52. The molecule has 1 aromatic heterocycles. The summed E-state index contributed by atoms with van der Waals surface area (Å²) in [5.74, 6) is -0.0673. The third-order valence-electron chi connectivity index (χ3n) is 6.60. The van der Waals surface area contributed by atoms with Gasteiger partial charge in [-0.3, -0.25) is 18.7 Å². The number of hydroxylamine groups is 1. The Balaban J connectivity index is 1.70. The summed E-state index contributed by atoms with van der Waals surface area (Å²) in [6.45, 7) is 4.06. The summed E-state index contributed by atoms with van der Waals surface area (Å²) < 4.78 is 25.9. The zero-order chi connectivity index (χ0) is 25.5. The zero-order valence-corrected chi connectivity index (χ0v) is 21.3. The summed E-state index contributed by atoms with van der Waals surface area (Å²) in [5, 5.41) is 6.00. The van der Waals surface area contributed by atoms with E-state index in [0.29, 0.717) is 23.0 Å². The van der Waals surface area contributed by atoms with E-state index in [1.165, 1.54) is 24.7 Å². The first-order chi connectivity index (χ1) is 16.4. The van der Waals surface area contributed by atoms with Crippen LogP contribution in [0, 0.1) is 11.3 Å². The second-order valence-electron chi connectivity index (χ2n) is 9.89. The van der Waals surface area contributed by atoms with E-state index in [9.17, 15) is 18.0 Å². The second kappa shape index (κ2) is 9.12. The van der Waals surface area contributed by atoms with Gasteiger partial charge in [0.1, 0.15) is 5.82 Å². The molecule has 0 spiro atoms. The topological polar surface area (TPSA) is 130 Å². The Labute approximate surface area is 205 Å². The number of aromatic nitrogens is 1. The number of amides is 2. The van der Waals surface area contributed by atoms with E-state index in [1.54, 1.807) is 12.1 Å². The Morgan fingerprint density at radius 2 is 1.86 bits per heavy atom. The average Bonchev–Trinajstić information content (AvgIpc) is 3.70. The van der Waals surface area contributed by atoms with Crippen molar-refractivity contribution in [1.82, 2.24) is 10.5 Å². The molecule has 1 heterocycles. The van der Waals surface area contributed by atoms with E-state index >= 15 is 0 Å². The Morgan fingerprint density at radius 1 is 1.17 bits per heavy atom. The predicted molar refractivity (Wildman–Crippen MR) is 134 cm³/mol. The monoisotopic (exact) mass is 501 g/mol. The van der Waals surface area contributed by atoms with Crippen LogP contribution in [-0.2, 0) is 19.7 Å². The molecule has 10 nitrogen and oxygen atoms in total. The van der Waals surface area contributed by atoms with Crippen molar-refractivity contribution in [2.75, 3.05) is 35.4 Å². The molecular weight excluding hydrogens is 470 g/mol. The van der Waals surface area contributed by atoms with Crippen molar-refractivity contribution in [1.29, 1.82) is 0 Å². The molecule has 0 aliphatic heterocycles. The summed E-state index contributed by atoms with van der Waals surface area (Å²) >= 11 is 0. The number of nitrogens with one attached hydrogen (secondary N) is 3. The number of carbonyl (C=O) groups is 2. The molecule has 188 valence electrons. The van der Waals surface area contributed by atoms with Gasteiger partial charge in [-0.2, -0.15) is 0 Å². The highest BCUT2D eigenvalue weighted by atomic mass is 32.2. The lowest BCUT2D eigenvalue weighted by atomic mass is 10.1. The molecule has 11 heteroatoms. The molecule has 1 unspecified atom stereocenters. The minimum absolute atomic E-state index is 0.0438. The van der Waals surface area contributed by atoms with Gasteiger partial charge in [0.05, 0.1) is 36.0 Å². The summed E-state index contributed by atoms with van der Waals surface area (Å²) in [4.78, 5) is 34.2. The van der Waals surface area contributed by atoms with Crippen molar-refractivity contribution >= 4 is 44.7 Å². The lowest BCUT2D eigenvalue weighted by Crippen LogP contribution is -2.26. The van der Waals surface area contributed by atoms with Gasteiger partial charge in [0, 0.05) is 25.2 Å². The van der Waals surface area contributed by atoms with Gasteiger partial charge in [-0.05, 0) is 48.3 Å². The third-order valence-corrected chi connectivity index (χ3v) is 7.79. The van der Waals surface area contributed by atoms with Crippen LogP contribution in [0.3, 0.4) is 0 Å². The molecule has 0 bridgehead atoms. The number of hydrogen-bond donors (Lipinski definition) is 3. The Morgan fingerprint density at radius 3 is 2.43 bits per heavy atom. The van der Waals surface area contributed by atoms with E-state index in [4.69, 9.17) is 4.84 Å². The van der Waals surface area contributed by atoms with Crippen molar-refractivity contribution in [2.45, 2.75) is 39.0 Å². The van der Waals surface area contributed by atoms with Gasteiger partial charge in [-0.1, -0.05) is 19.9 Å². The molecule has 1 aromatic carbocycles. The maximum atomic E-state index is 12.6. The number of hydrogen-bond acceptors (Lipinski definition) is 7. The van der Waals surface area contributed by atoms with Crippen molar-refractivity contribution in [3.63, 3.8) is 0 Å². The van der Waals surface area contributed by atoms with E-state index in [0.717, 1.165) is 31.1 Å². The molecule has 2 aliphatic carbocycles. The number of benzene rings is 1. The fourth-order valence-electron chi connectivity index (χ4n) is 3.99. The predicted octanol–water partition coefficient (Wildman–Crippen LogP) is 3.37. The lowest BCUT2D eigenvalue weighted by Gasteiger charge is -2.23. The summed E-state index contributed by atoms with van der Waals surface area (Å²) in [6.07, 6.45) is 5.41. The van der Waals surface area contributed by atoms with E-state index < -0.39 is 15.9 Å². The fourth-order valence-corrected chi connectivity index (χ4v) is 4.50. The van der Waals surface area contributed by atoms with E-state index in [2.05, 4.69) is 21.1 Å². The second-order valence-corrected chi connectivity index (χ2v) is 11.9. The molecule has 2 aliphatic rings. The molecule has 0 radical (unpaired) electrons. The first-order valence-electron chi connectivity index (χ1n) is 11.4. The van der Waals surface area contributed by atoms with Gasteiger partial charge >= 0.3 is 0 Å². The average molecular weight is 502 g/mol. The largest absolute Gasteiger partial charge is 0.353 e. The fraction of sp³-hybridized carbons (Fsp3) is 0.458. The first kappa shape index (κ1) is 24.9. The molecule has 2 saturated carbocycles. The normalized spacial score (nSPS) is 18.5. The third kappa shape index (κ3) is 5.57. The van der Waals surface area contributed by atoms with Gasteiger partial charge in [-0.25, -0.2) is 18.9 Å².